The molecule has 54 heavy (non-hydrogen) atoms. The van der Waals surface area contributed by atoms with Crippen molar-refractivity contribution < 1.29 is 20.1 Å². The van der Waals surface area contributed by atoms with Crippen molar-refractivity contribution in [2.24, 2.45) is 0 Å². The summed E-state index contributed by atoms with van der Waals surface area (Å²) in [5.41, 5.74) is 16.2. The standard InChI is InChI=1S/C38H33N2.C12H10N.Ir/c1-25-9-11-27(12-10-25)30-19-26(2)20-31(22-30)34-14-13-33(35-16-17-39-24-36(34)35)28-7-6-8-29(21-28)37-23-32(15-18-40-37)38(3,4)5;1-10-7-8-13-12(9-10)11-5-3-2-4-6-11;/h6-7,9-24H,1-5H3;2-5,7-9H,1H3;/q2*-1;. The molecule has 0 aliphatic carbocycles. The van der Waals surface area contributed by atoms with Crippen LogP contribution in [0.4, 0.5) is 0 Å². The number of pyridine rings is 3. The van der Waals surface area contributed by atoms with Gasteiger partial charge in [0, 0.05) is 50.3 Å². The fourth-order valence-corrected chi connectivity index (χ4v) is 6.61. The van der Waals surface area contributed by atoms with Gasteiger partial charge >= 0.3 is 0 Å². The summed E-state index contributed by atoms with van der Waals surface area (Å²) in [6.45, 7) is 13.0. The predicted molar refractivity (Wildman–Crippen MR) is 222 cm³/mol. The number of hydrogen-bond donors (Lipinski definition) is 0. The van der Waals surface area contributed by atoms with Crippen LogP contribution in [-0.2, 0) is 25.5 Å². The second kappa shape index (κ2) is 16.6. The second-order valence-electron chi connectivity index (χ2n) is 14.7. The molecule has 3 aromatic heterocycles. The zero-order chi connectivity index (χ0) is 37.0. The van der Waals surface area contributed by atoms with Crippen molar-refractivity contribution in [3.05, 3.63) is 187 Å². The molecule has 0 unspecified atom stereocenters. The number of aromatic nitrogens is 3. The molecular weight excluding hydrogens is 835 g/mol. The third kappa shape index (κ3) is 8.80. The molecule has 269 valence electrons. The number of hydrogen-bond acceptors (Lipinski definition) is 3. The van der Waals surface area contributed by atoms with E-state index in [0.717, 1.165) is 33.5 Å². The van der Waals surface area contributed by atoms with Gasteiger partial charge in [0.2, 0.25) is 0 Å². The van der Waals surface area contributed by atoms with Crippen LogP contribution >= 0.6 is 0 Å². The van der Waals surface area contributed by atoms with Crippen molar-refractivity contribution in [3.63, 3.8) is 0 Å². The molecule has 8 aromatic rings. The first-order valence-corrected chi connectivity index (χ1v) is 18.1. The molecule has 0 spiro atoms. The van der Waals surface area contributed by atoms with Crippen molar-refractivity contribution in [2.45, 2.75) is 47.0 Å². The minimum atomic E-state index is 0. The van der Waals surface area contributed by atoms with E-state index in [1.54, 1.807) is 0 Å². The first kappa shape index (κ1) is 38.2. The summed E-state index contributed by atoms with van der Waals surface area (Å²) in [7, 11) is 0. The zero-order valence-corrected chi connectivity index (χ0v) is 34.0. The number of rotatable bonds is 5. The van der Waals surface area contributed by atoms with E-state index in [0.29, 0.717) is 0 Å². The summed E-state index contributed by atoms with van der Waals surface area (Å²) in [6, 6.07) is 51.3. The molecular formula is C50H43IrN3-2. The van der Waals surface area contributed by atoms with Gasteiger partial charge in [0.1, 0.15) is 0 Å². The summed E-state index contributed by atoms with van der Waals surface area (Å²) < 4.78 is 0. The summed E-state index contributed by atoms with van der Waals surface area (Å²) in [5.74, 6) is 0. The van der Waals surface area contributed by atoms with E-state index in [1.807, 2.05) is 61.2 Å². The third-order valence-corrected chi connectivity index (χ3v) is 9.51. The Bertz CT molecular complexity index is 2520. The molecule has 0 fully saturated rings. The van der Waals surface area contributed by atoms with E-state index in [4.69, 9.17) is 0 Å². The van der Waals surface area contributed by atoms with Crippen LogP contribution in [0, 0.1) is 32.9 Å². The van der Waals surface area contributed by atoms with Gasteiger partial charge in [-0.3, -0.25) is 4.98 Å². The molecule has 0 atom stereocenters. The quantitative estimate of drug-likeness (QED) is 0.162. The van der Waals surface area contributed by atoms with Crippen LogP contribution in [-0.4, -0.2) is 15.0 Å². The van der Waals surface area contributed by atoms with Gasteiger partial charge in [-0.2, -0.15) is 0 Å². The molecule has 0 amide bonds. The van der Waals surface area contributed by atoms with Crippen LogP contribution in [0.2, 0.25) is 0 Å². The molecule has 0 aliphatic heterocycles. The minimum Gasteiger partial charge on any atom is -0.305 e. The molecule has 1 radical (unpaired) electrons. The maximum absolute atomic E-state index is 4.68. The van der Waals surface area contributed by atoms with Gasteiger partial charge in [-0.1, -0.05) is 92.6 Å². The van der Waals surface area contributed by atoms with E-state index in [2.05, 4.69) is 160 Å². The average Bonchev–Trinajstić information content (AvgIpc) is 3.18. The first-order valence-electron chi connectivity index (χ1n) is 18.1. The number of fused-ring (bicyclic) bond motifs is 1. The summed E-state index contributed by atoms with van der Waals surface area (Å²) in [4.78, 5) is 13.5. The molecule has 0 bridgehead atoms. The molecule has 0 N–H and O–H groups in total. The molecule has 3 heterocycles. The number of nitrogens with zero attached hydrogens (tertiary/aromatic N) is 3. The normalized spacial score (nSPS) is 11.0. The largest absolute Gasteiger partial charge is 0.305 e. The molecule has 8 rings (SSSR count). The Balaban J connectivity index is 0.000000300. The van der Waals surface area contributed by atoms with Gasteiger partial charge in [-0.15, -0.1) is 71.3 Å². The Kier molecular flexibility index (Phi) is 11.8. The molecule has 5 aromatic carbocycles. The van der Waals surface area contributed by atoms with Gasteiger partial charge in [-0.05, 0) is 106 Å². The Labute approximate surface area is 333 Å². The van der Waals surface area contributed by atoms with Gasteiger partial charge in [0.15, 0.2) is 0 Å². The molecule has 0 aliphatic rings. The number of aryl methyl sites for hydroxylation is 3. The van der Waals surface area contributed by atoms with Crippen LogP contribution < -0.4 is 0 Å². The monoisotopic (exact) mass is 878 g/mol. The van der Waals surface area contributed by atoms with Crippen LogP contribution in [0.5, 0.6) is 0 Å². The maximum atomic E-state index is 4.68. The van der Waals surface area contributed by atoms with Crippen molar-refractivity contribution in [3.8, 4) is 55.9 Å². The zero-order valence-electron chi connectivity index (χ0n) is 31.6. The minimum absolute atomic E-state index is 0. The van der Waals surface area contributed by atoms with Gasteiger partial charge in [-0.25, -0.2) is 0 Å². The van der Waals surface area contributed by atoms with Gasteiger partial charge in [0.25, 0.3) is 0 Å². The van der Waals surface area contributed by atoms with Crippen LogP contribution in [0.25, 0.3) is 66.7 Å². The Hall–Kier alpha value is -5.54. The summed E-state index contributed by atoms with van der Waals surface area (Å²) in [6.07, 6.45) is 7.60. The Morgan fingerprint density at radius 2 is 1.19 bits per heavy atom. The molecule has 4 heteroatoms. The van der Waals surface area contributed by atoms with E-state index >= 15 is 0 Å². The van der Waals surface area contributed by atoms with Crippen LogP contribution in [0.1, 0.15) is 43.0 Å². The van der Waals surface area contributed by atoms with E-state index in [1.165, 1.54) is 55.5 Å². The second-order valence-corrected chi connectivity index (χ2v) is 14.7. The van der Waals surface area contributed by atoms with E-state index < -0.39 is 0 Å². The van der Waals surface area contributed by atoms with Crippen LogP contribution in [0.15, 0.2) is 152 Å². The topological polar surface area (TPSA) is 38.7 Å². The third-order valence-electron chi connectivity index (χ3n) is 9.51. The SMILES string of the molecule is Cc1ccc(-c2cc(C)cc(-c3ccc(-c4cc[c-]c(-c5cc(C(C)(C)C)ccn5)c4)c4ccncc34)c2)cc1.Cc1ccnc(-c2[c-]cccc2)c1.[Ir]. The maximum Gasteiger partial charge on any atom is 0.0352 e. The van der Waals surface area contributed by atoms with Crippen molar-refractivity contribution in [2.75, 3.05) is 0 Å². The Morgan fingerprint density at radius 3 is 1.91 bits per heavy atom. The smallest absolute Gasteiger partial charge is 0.0352 e. The molecule has 0 saturated carbocycles. The fourth-order valence-electron chi connectivity index (χ4n) is 6.61. The first-order chi connectivity index (χ1) is 25.6. The van der Waals surface area contributed by atoms with Gasteiger partial charge < -0.3 is 9.97 Å². The predicted octanol–water partition coefficient (Wildman–Crippen LogP) is 12.9. The van der Waals surface area contributed by atoms with Crippen molar-refractivity contribution >= 4 is 10.8 Å². The number of benzene rings is 5. The van der Waals surface area contributed by atoms with Gasteiger partial charge in [0.05, 0.1) is 0 Å². The summed E-state index contributed by atoms with van der Waals surface area (Å²) >= 11 is 0. The van der Waals surface area contributed by atoms with E-state index in [9.17, 15) is 0 Å². The molecule has 0 saturated heterocycles. The Morgan fingerprint density at radius 1 is 0.481 bits per heavy atom. The van der Waals surface area contributed by atoms with Crippen molar-refractivity contribution in [1.82, 2.24) is 15.0 Å². The fraction of sp³-hybridized carbons (Fsp3) is 0.140. The van der Waals surface area contributed by atoms with Crippen LogP contribution in [0.3, 0.4) is 0 Å². The van der Waals surface area contributed by atoms with Crippen molar-refractivity contribution in [1.29, 1.82) is 0 Å². The average molecular weight is 878 g/mol. The summed E-state index contributed by atoms with van der Waals surface area (Å²) in [5, 5.41) is 2.32. The molecule has 3 nitrogen and oxygen atoms in total. The van der Waals surface area contributed by atoms with E-state index in [-0.39, 0.29) is 25.5 Å².